The summed E-state index contributed by atoms with van der Waals surface area (Å²) in [6.07, 6.45) is 6.37. The zero-order valence-corrected chi connectivity index (χ0v) is 24.6. The molecule has 7 rings (SSSR count). The minimum Gasteiger partial charge on any atom is -0.378 e. The fourth-order valence-electron chi connectivity index (χ4n) is 5.94. The third-order valence-corrected chi connectivity index (χ3v) is 8.99. The van der Waals surface area contributed by atoms with Gasteiger partial charge in [0.2, 0.25) is 0 Å². The Labute approximate surface area is 259 Å². The third-order valence-electron chi connectivity index (χ3n) is 8.70. The van der Waals surface area contributed by atoms with Gasteiger partial charge in [0.1, 0.15) is 25.4 Å². The van der Waals surface area contributed by atoms with Crippen molar-refractivity contribution in [1.29, 1.82) is 10.5 Å². The van der Waals surface area contributed by atoms with Crippen LogP contribution in [0.1, 0.15) is 53.7 Å². The third kappa shape index (κ3) is 5.12. The van der Waals surface area contributed by atoms with Gasteiger partial charge in [0.25, 0.3) is 0 Å². The maximum absolute atomic E-state index is 14.0. The van der Waals surface area contributed by atoms with Gasteiger partial charge in [-0.3, -0.25) is 4.98 Å². The predicted octanol–water partition coefficient (Wildman–Crippen LogP) is 6.08. The second kappa shape index (κ2) is 11.0. The number of nitrogens with zero attached hydrogens (tertiary/aromatic N) is 6. The van der Waals surface area contributed by atoms with Crippen molar-refractivity contribution >= 4 is 41.7 Å². The Balaban J connectivity index is 1.33. The molecule has 0 aliphatic heterocycles. The number of nitrogens with one attached hydrogen (secondary N) is 2. The molecule has 5 aromatic rings. The van der Waals surface area contributed by atoms with E-state index in [0.717, 1.165) is 30.4 Å². The van der Waals surface area contributed by atoms with E-state index < -0.39 is 5.44 Å². The summed E-state index contributed by atoms with van der Waals surface area (Å²) in [6.45, 7) is 0. The van der Waals surface area contributed by atoms with Gasteiger partial charge in [0.05, 0.1) is 57.5 Å². The first-order valence-corrected chi connectivity index (χ1v) is 15.0. The number of hydrogen-bond donors (Lipinski definition) is 2. The van der Waals surface area contributed by atoms with Crippen LogP contribution in [-0.2, 0) is 5.44 Å². The molecule has 44 heavy (non-hydrogen) atoms. The highest BCUT2D eigenvalue weighted by atomic mass is 35.5. The first kappa shape index (κ1) is 27.9. The van der Waals surface area contributed by atoms with Crippen molar-refractivity contribution in [2.24, 2.45) is 11.8 Å². The van der Waals surface area contributed by atoms with Gasteiger partial charge in [-0.15, -0.1) is 5.10 Å². The van der Waals surface area contributed by atoms with Crippen LogP contribution in [0.2, 0.25) is 5.02 Å². The summed E-state index contributed by atoms with van der Waals surface area (Å²) in [5.74, 6) is -0.294. The molecular formula is C33H27BClFN8. The molecule has 8 nitrogen and oxygen atoms in total. The minimum absolute atomic E-state index is 0.0624. The molecule has 11 heteroatoms. The van der Waals surface area contributed by atoms with Crippen molar-refractivity contribution < 1.29 is 4.39 Å². The normalized spacial score (nSPS) is 19.4. The standard InChI is InChI=1S/C33H27BClFN8/c34-33(22-6-8-23(36)9-7-22,29-18-44(43-42-29)25-10-11-25)41-24-13-27-31(21(16-38)17-39-32(27)28(35)14-24)40-30(26-12-20(26)15-37)19-4-2-1-3-5-19/h1-9,13-14,17-18,20,25-26,30,41H,10-12,34H2,(H,39,40)/t20-,26?,30?,33?/m1/s1. The van der Waals surface area contributed by atoms with Crippen molar-refractivity contribution in [3.63, 3.8) is 0 Å². The lowest BCUT2D eigenvalue weighted by Crippen LogP contribution is -2.37. The zero-order valence-electron chi connectivity index (χ0n) is 23.9. The number of halogens is 2. The van der Waals surface area contributed by atoms with Gasteiger partial charge in [-0.1, -0.05) is 59.3 Å². The lowest BCUT2D eigenvalue weighted by atomic mass is 9.69. The Morgan fingerprint density at radius 1 is 1.09 bits per heavy atom. The molecule has 2 aliphatic carbocycles. The molecule has 4 atom stereocenters. The van der Waals surface area contributed by atoms with Crippen molar-refractivity contribution in [2.75, 3.05) is 10.6 Å². The highest BCUT2D eigenvalue weighted by Gasteiger charge is 2.44. The molecule has 0 bridgehead atoms. The van der Waals surface area contributed by atoms with E-state index >= 15 is 0 Å². The van der Waals surface area contributed by atoms with Gasteiger partial charge in [0.15, 0.2) is 0 Å². The number of benzene rings is 3. The number of hydrogen-bond acceptors (Lipinski definition) is 7. The largest absolute Gasteiger partial charge is 0.378 e. The SMILES string of the molecule is BC(Nc1cc(Cl)c2ncc(C#N)c(NC(c3ccccc3)C3C[C@@H]3C#N)c2c1)(c1ccc(F)cc1)c1cn(C2CC2)nn1. The van der Waals surface area contributed by atoms with Crippen LogP contribution in [0.5, 0.6) is 0 Å². The van der Waals surface area contributed by atoms with Gasteiger partial charge in [-0.25, -0.2) is 9.07 Å². The molecule has 3 unspecified atom stereocenters. The fourth-order valence-corrected chi connectivity index (χ4v) is 6.20. The van der Waals surface area contributed by atoms with Crippen LogP contribution in [0.15, 0.2) is 79.1 Å². The predicted molar refractivity (Wildman–Crippen MR) is 169 cm³/mol. The summed E-state index contributed by atoms with van der Waals surface area (Å²) in [5, 5.41) is 37.0. The molecule has 216 valence electrons. The van der Waals surface area contributed by atoms with Crippen molar-refractivity contribution in [1.82, 2.24) is 20.0 Å². The van der Waals surface area contributed by atoms with Crippen molar-refractivity contribution in [3.05, 3.63) is 112 Å². The highest BCUT2D eigenvalue weighted by Crippen LogP contribution is 2.49. The quantitative estimate of drug-likeness (QED) is 0.197. The molecule has 2 fully saturated rings. The molecule has 0 spiro atoms. The van der Waals surface area contributed by atoms with E-state index in [4.69, 9.17) is 11.6 Å². The lowest BCUT2D eigenvalue weighted by Gasteiger charge is -2.31. The van der Waals surface area contributed by atoms with Crippen LogP contribution < -0.4 is 10.6 Å². The van der Waals surface area contributed by atoms with E-state index in [-0.39, 0.29) is 23.7 Å². The van der Waals surface area contributed by atoms with E-state index in [1.54, 1.807) is 18.2 Å². The molecule has 0 amide bonds. The number of pyridine rings is 1. The Bertz CT molecular complexity index is 1950. The Hall–Kier alpha value is -4.93. The summed E-state index contributed by atoms with van der Waals surface area (Å²) in [7, 11) is 1.98. The molecule has 3 aromatic carbocycles. The van der Waals surface area contributed by atoms with Crippen LogP contribution in [0.25, 0.3) is 10.9 Å². The summed E-state index contributed by atoms with van der Waals surface area (Å²) >= 11 is 6.86. The second-order valence-corrected chi connectivity index (χ2v) is 12.2. The van der Waals surface area contributed by atoms with Crippen LogP contribution in [-0.4, -0.2) is 27.8 Å². The van der Waals surface area contributed by atoms with Crippen LogP contribution in [0.3, 0.4) is 0 Å². The van der Waals surface area contributed by atoms with Gasteiger partial charge in [0, 0.05) is 23.2 Å². The Morgan fingerprint density at radius 3 is 2.55 bits per heavy atom. The lowest BCUT2D eigenvalue weighted by molar-refractivity contribution is 0.610. The monoisotopic (exact) mass is 600 g/mol. The first-order valence-electron chi connectivity index (χ1n) is 14.6. The van der Waals surface area contributed by atoms with Crippen LogP contribution in [0, 0.1) is 40.3 Å². The molecule has 2 heterocycles. The van der Waals surface area contributed by atoms with E-state index in [1.165, 1.54) is 18.3 Å². The highest BCUT2D eigenvalue weighted by molar-refractivity contribution is 6.36. The average Bonchev–Trinajstić information content (AvgIpc) is 3.98. The minimum atomic E-state index is -0.897. The Morgan fingerprint density at radius 2 is 1.86 bits per heavy atom. The molecule has 2 N–H and O–H groups in total. The topological polar surface area (TPSA) is 115 Å². The summed E-state index contributed by atoms with van der Waals surface area (Å²) in [4.78, 5) is 4.54. The summed E-state index contributed by atoms with van der Waals surface area (Å²) in [6, 6.07) is 24.8. The fraction of sp³-hybridized carbons (Fsp3) is 0.242. The molecule has 2 aromatic heterocycles. The zero-order chi connectivity index (χ0) is 30.4. The molecule has 2 saturated carbocycles. The van der Waals surface area contributed by atoms with Crippen molar-refractivity contribution in [2.45, 2.75) is 36.8 Å². The van der Waals surface area contributed by atoms with Gasteiger partial charge in [-0.2, -0.15) is 10.5 Å². The van der Waals surface area contributed by atoms with Gasteiger partial charge < -0.3 is 10.6 Å². The first-order chi connectivity index (χ1) is 21.4. The summed E-state index contributed by atoms with van der Waals surface area (Å²) in [5.41, 5.74) is 3.78. The number of fused-ring (bicyclic) bond motifs is 1. The number of aromatic nitrogens is 4. The van der Waals surface area contributed by atoms with E-state index in [9.17, 15) is 14.9 Å². The number of nitriles is 2. The van der Waals surface area contributed by atoms with Crippen LogP contribution in [0.4, 0.5) is 15.8 Å². The Kier molecular flexibility index (Phi) is 6.95. The van der Waals surface area contributed by atoms with Crippen molar-refractivity contribution in [3.8, 4) is 12.1 Å². The molecule has 2 aliphatic rings. The number of anilines is 2. The molecule has 0 radical (unpaired) electrons. The van der Waals surface area contributed by atoms with Gasteiger partial charge in [-0.05, 0) is 54.7 Å². The maximum atomic E-state index is 14.0. The smallest absolute Gasteiger partial charge is 0.148 e. The van der Waals surface area contributed by atoms with Gasteiger partial charge >= 0.3 is 0 Å². The second-order valence-electron chi connectivity index (χ2n) is 11.8. The average molecular weight is 601 g/mol. The van der Waals surface area contributed by atoms with E-state index in [1.807, 2.05) is 55.1 Å². The van der Waals surface area contributed by atoms with E-state index in [2.05, 4.69) is 38.1 Å². The van der Waals surface area contributed by atoms with E-state index in [0.29, 0.717) is 44.6 Å². The molecule has 0 saturated heterocycles. The summed E-state index contributed by atoms with van der Waals surface area (Å²) < 4.78 is 15.9. The number of rotatable bonds is 9. The van der Waals surface area contributed by atoms with Crippen LogP contribution >= 0.6 is 11.6 Å². The molecular weight excluding hydrogens is 574 g/mol. The maximum Gasteiger partial charge on any atom is 0.148 e.